The number of carboxylic acids is 1. The molecule has 2 N–H and O–H groups in total. The highest BCUT2D eigenvalue weighted by Crippen LogP contribution is 2.33. The van der Waals surface area contributed by atoms with E-state index in [0.29, 0.717) is 31.4 Å². The van der Waals surface area contributed by atoms with E-state index in [-0.39, 0.29) is 17.3 Å². The maximum absolute atomic E-state index is 12.3. The van der Waals surface area contributed by atoms with Crippen LogP contribution in [0.15, 0.2) is 0 Å². The highest BCUT2D eigenvalue weighted by Gasteiger charge is 2.42. The normalized spacial score (nSPS) is 22.1. The second-order valence-electron chi connectivity index (χ2n) is 5.93. The van der Waals surface area contributed by atoms with Crippen LogP contribution in [0.5, 0.6) is 0 Å². The van der Waals surface area contributed by atoms with Gasteiger partial charge in [-0.25, -0.2) is 9.59 Å². The smallest absolute Gasteiger partial charge is 0.327 e. The summed E-state index contributed by atoms with van der Waals surface area (Å²) in [5, 5.41) is 11.9. The Morgan fingerprint density at radius 1 is 1.38 bits per heavy atom. The van der Waals surface area contributed by atoms with Gasteiger partial charge in [0.2, 0.25) is 0 Å². The molecule has 1 fully saturated rings. The fourth-order valence-electron chi connectivity index (χ4n) is 2.13. The predicted octanol–water partition coefficient (Wildman–Crippen LogP) is 1.85. The Kier molecular flexibility index (Phi) is 7.31. The van der Waals surface area contributed by atoms with Crippen LogP contribution >= 0.6 is 11.8 Å². The van der Waals surface area contributed by atoms with E-state index in [1.165, 1.54) is 16.7 Å². The molecule has 0 aromatic rings. The first-order valence-corrected chi connectivity index (χ1v) is 8.37. The van der Waals surface area contributed by atoms with E-state index >= 15 is 0 Å². The van der Waals surface area contributed by atoms with E-state index in [2.05, 4.69) is 19.2 Å². The van der Waals surface area contributed by atoms with Gasteiger partial charge in [-0.3, -0.25) is 4.90 Å². The summed E-state index contributed by atoms with van der Waals surface area (Å²) in [6.07, 6.45) is 0. The molecular formula is C14H26N2O4S. The molecule has 122 valence electrons. The number of carbonyl (C=O) groups is 2. The molecule has 2 atom stereocenters. The molecule has 21 heavy (non-hydrogen) atoms. The topological polar surface area (TPSA) is 78.9 Å². The lowest BCUT2D eigenvalue weighted by Crippen LogP contribution is -2.51. The van der Waals surface area contributed by atoms with Gasteiger partial charge in [0.15, 0.2) is 0 Å². The zero-order chi connectivity index (χ0) is 16.0. The number of urea groups is 1. The summed E-state index contributed by atoms with van der Waals surface area (Å²) in [6, 6.07) is -1.07. The summed E-state index contributed by atoms with van der Waals surface area (Å²) in [4.78, 5) is 25.0. The van der Waals surface area contributed by atoms with Gasteiger partial charge in [-0.2, -0.15) is 0 Å². The number of ether oxygens (including phenoxy) is 1. The SMILES string of the molecule is CC(C)COCCNC(=O)N1C(C(=O)O)CSC1C(C)C. The minimum absolute atomic E-state index is 0.0947. The molecule has 0 aromatic heterocycles. The number of carbonyl (C=O) groups excluding carboxylic acids is 1. The van der Waals surface area contributed by atoms with Crippen molar-refractivity contribution in [2.75, 3.05) is 25.5 Å². The summed E-state index contributed by atoms with van der Waals surface area (Å²) >= 11 is 1.52. The third-order valence-corrected chi connectivity index (χ3v) is 4.72. The number of aliphatic carboxylic acids is 1. The van der Waals surface area contributed by atoms with Crippen molar-refractivity contribution in [1.29, 1.82) is 0 Å². The Morgan fingerprint density at radius 2 is 2.05 bits per heavy atom. The molecule has 0 bridgehead atoms. The van der Waals surface area contributed by atoms with E-state index in [9.17, 15) is 14.7 Å². The number of hydrogen-bond donors (Lipinski definition) is 2. The summed E-state index contributed by atoms with van der Waals surface area (Å²) < 4.78 is 5.40. The van der Waals surface area contributed by atoms with Crippen LogP contribution in [-0.2, 0) is 9.53 Å². The first kappa shape index (κ1) is 18.1. The van der Waals surface area contributed by atoms with Crippen molar-refractivity contribution < 1.29 is 19.4 Å². The molecule has 2 unspecified atom stereocenters. The van der Waals surface area contributed by atoms with Gasteiger partial charge in [0.1, 0.15) is 6.04 Å². The highest BCUT2D eigenvalue weighted by atomic mass is 32.2. The summed E-state index contributed by atoms with van der Waals surface area (Å²) in [5.41, 5.74) is 0. The van der Waals surface area contributed by atoms with Crippen LogP contribution in [0, 0.1) is 11.8 Å². The maximum atomic E-state index is 12.3. The Hall–Kier alpha value is -0.950. The molecule has 0 spiro atoms. The molecule has 6 nitrogen and oxygen atoms in total. The number of amides is 2. The quantitative estimate of drug-likeness (QED) is 0.700. The van der Waals surface area contributed by atoms with Crippen LogP contribution in [0.3, 0.4) is 0 Å². The molecule has 2 amide bonds. The lowest BCUT2D eigenvalue weighted by molar-refractivity contribution is -0.141. The van der Waals surface area contributed by atoms with Crippen molar-refractivity contribution in [2.24, 2.45) is 11.8 Å². The minimum atomic E-state index is -0.947. The molecule has 0 saturated carbocycles. The van der Waals surface area contributed by atoms with Crippen molar-refractivity contribution in [3.05, 3.63) is 0 Å². The Labute approximate surface area is 130 Å². The number of nitrogens with zero attached hydrogens (tertiary/aromatic N) is 1. The second kappa shape index (κ2) is 8.48. The van der Waals surface area contributed by atoms with Crippen molar-refractivity contribution >= 4 is 23.8 Å². The molecule has 1 rings (SSSR count). The number of hydrogen-bond acceptors (Lipinski definition) is 4. The summed E-state index contributed by atoms with van der Waals surface area (Å²) in [7, 11) is 0. The Morgan fingerprint density at radius 3 is 2.57 bits per heavy atom. The molecule has 1 aliphatic rings. The average molecular weight is 318 g/mol. The van der Waals surface area contributed by atoms with Gasteiger partial charge < -0.3 is 15.2 Å². The summed E-state index contributed by atoms with van der Waals surface area (Å²) in [6.45, 7) is 9.60. The van der Waals surface area contributed by atoms with Crippen LogP contribution in [-0.4, -0.2) is 58.9 Å². The Balaban J connectivity index is 2.49. The van der Waals surface area contributed by atoms with Crippen molar-refractivity contribution in [1.82, 2.24) is 10.2 Å². The fourth-order valence-corrected chi connectivity index (χ4v) is 3.60. The molecule has 1 aliphatic heterocycles. The minimum Gasteiger partial charge on any atom is -0.480 e. The first-order valence-electron chi connectivity index (χ1n) is 7.33. The molecule has 1 saturated heterocycles. The standard InChI is InChI=1S/C14H26N2O4S/c1-9(2)7-20-6-5-15-14(19)16-11(13(17)18)8-21-12(16)10(3)4/h9-12H,5-8H2,1-4H3,(H,15,19)(H,17,18). The van der Waals surface area contributed by atoms with Gasteiger partial charge in [0, 0.05) is 18.9 Å². The second-order valence-corrected chi connectivity index (χ2v) is 7.08. The van der Waals surface area contributed by atoms with Gasteiger partial charge in [-0.15, -0.1) is 11.8 Å². The van der Waals surface area contributed by atoms with Crippen molar-refractivity contribution in [3.8, 4) is 0 Å². The van der Waals surface area contributed by atoms with E-state index in [4.69, 9.17) is 4.74 Å². The van der Waals surface area contributed by atoms with E-state index < -0.39 is 12.0 Å². The van der Waals surface area contributed by atoms with E-state index in [0.717, 1.165) is 0 Å². The van der Waals surface area contributed by atoms with Gasteiger partial charge in [0.05, 0.1) is 12.0 Å². The van der Waals surface area contributed by atoms with Crippen LogP contribution < -0.4 is 5.32 Å². The number of carboxylic acid groups (broad SMARTS) is 1. The average Bonchev–Trinajstić information content (AvgIpc) is 2.82. The molecule has 7 heteroatoms. The van der Waals surface area contributed by atoms with Crippen LogP contribution in [0.2, 0.25) is 0 Å². The van der Waals surface area contributed by atoms with Gasteiger partial charge in [-0.1, -0.05) is 27.7 Å². The highest BCUT2D eigenvalue weighted by molar-refractivity contribution is 8.00. The van der Waals surface area contributed by atoms with Gasteiger partial charge in [-0.05, 0) is 11.8 Å². The lowest BCUT2D eigenvalue weighted by atomic mass is 10.2. The van der Waals surface area contributed by atoms with Crippen molar-refractivity contribution in [3.63, 3.8) is 0 Å². The zero-order valence-corrected chi connectivity index (χ0v) is 14.0. The van der Waals surface area contributed by atoms with Gasteiger partial charge in [0.25, 0.3) is 0 Å². The van der Waals surface area contributed by atoms with E-state index in [1.54, 1.807) is 0 Å². The Bertz CT molecular complexity index is 363. The van der Waals surface area contributed by atoms with Crippen LogP contribution in [0.25, 0.3) is 0 Å². The monoisotopic (exact) mass is 318 g/mol. The van der Waals surface area contributed by atoms with Crippen LogP contribution in [0.4, 0.5) is 4.79 Å². The molecule has 0 aromatic carbocycles. The third-order valence-electron chi connectivity index (χ3n) is 3.10. The summed E-state index contributed by atoms with van der Waals surface area (Å²) in [5.74, 6) is 0.159. The van der Waals surface area contributed by atoms with Crippen LogP contribution in [0.1, 0.15) is 27.7 Å². The predicted molar refractivity (Wildman–Crippen MR) is 83.4 cm³/mol. The maximum Gasteiger partial charge on any atom is 0.327 e. The number of thioether (sulfide) groups is 1. The fraction of sp³-hybridized carbons (Fsp3) is 0.857. The zero-order valence-electron chi connectivity index (χ0n) is 13.2. The number of nitrogens with one attached hydrogen (secondary N) is 1. The first-order chi connectivity index (χ1) is 9.84. The lowest BCUT2D eigenvalue weighted by Gasteiger charge is -2.29. The molecule has 1 heterocycles. The van der Waals surface area contributed by atoms with Gasteiger partial charge >= 0.3 is 12.0 Å². The molecular weight excluding hydrogens is 292 g/mol. The third kappa shape index (κ3) is 5.39. The molecule has 0 radical (unpaired) electrons. The molecule has 0 aliphatic carbocycles. The van der Waals surface area contributed by atoms with E-state index in [1.807, 2.05) is 13.8 Å². The largest absolute Gasteiger partial charge is 0.480 e. The van der Waals surface area contributed by atoms with Crippen molar-refractivity contribution in [2.45, 2.75) is 39.1 Å². The number of rotatable bonds is 7.